The van der Waals surface area contributed by atoms with Gasteiger partial charge in [0.1, 0.15) is 43.4 Å². The van der Waals surface area contributed by atoms with E-state index >= 15 is 0 Å². The van der Waals surface area contributed by atoms with Crippen LogP contribution in [0.15, 0.2) is 78.9 Å². The average Bonchev–Trinajstić information content (AvgIpc) is 3.56. The lowest BCUT2D eigenvalue weighted by molar-refractivity contribution is -0.152. The Morgan fingerprint density at radius 2 is 1.23 bits per heavy atom. The van der Waals surface area contributed by atoms with Crippen LogP contribution >= 0.6 is 0 Å². The summed E-state index contributed by atoms with van der Waals surface area (Å²) in [6, 6.07) is 20.6. The zero-order valence-electron chi connectivity index (χ0n) is 35.5. The van der Waals surface area contributed by atoms with Gasteiger partial charge in [0.2, 0.25) is 29.5 Å². The molecule has 0 bridgehead atoms. The first-order valence-electron chi connectivity index (χ1n) is 21.1. The van der Waals surface area contributed by atoms with E-state index in [-0.39, 0.29) is 43.4 Å². The molecule has 2 aliphatic rings. The molecule has 0 aliphatic heterocycles. The Hall–Kier alpha value is -6.25. The van der Waals surface area contributed by atoms with Gasteiger partial charge in [-0.15, -0.1) is 0 Å². The van der Waals surface area contributed by atoms with E-state index < -0.39 is 72.3 Å². The number of hydrogen-bond acceptors (Lipinski definition) is 9. The molecule has 3 aromatic carbocycles. The molecule has 0 heterocycles. The second-order valence-corrected chi connectivity index (χ2v) is 16.1. The van der Waals surface area contributed by atoms with Crippen molar-refractivity contribution >= 4 is 41.6 Å². The minimum atomic E-state index is -1.14. The lowest BCUT2D eigenvalue weighted by Crippen LogP contribution is -2.58. The quantitative estimate of drug-likeness (QED) is 0.0917. The van der Waals surface area contributed by atoms with E-state index in [0.29, 0.717) is 6.42 Å². The van der Waals surface area contributed by atoms with Crippen LogP contribution in [0.2, 0.25) is 0 Å². The zero-order valence-corrected chi connectivity index (χ0v) is 35.5. The van der Waals surface area contributed by atoms with Crippen LogP contribution in [-0.2, 0) is 44.7 Å². The Balaban J connectivity index is 1.13. The van der Waals surface area contributed by atoms with E-state index in [4.69, 9.17) is 9.47 Å². The number of benzene rings is 3. The van der Waals surface area contributed by atoms with E-state index in [1.165, 1.54) is 6.92 Å². The summed E-state index contributed by atoms with van der Waals surface area (Å²) in [7, 11) is 0. The highest BCUT2D eigenvalue weighted by atomic mass is 16.6. The number of esters is 1. The summed E-state index contributed by atoms with van der Waals surface area (Å²) in [5, 5.41) is 15.8. The number of rotatable bonds is 20. The fraction of sp³-hybridized carbons (Fsp3) is 0.457. The maximum absolute atomic E-state index is 13.7. The van der Waals surface area contributed by atoms with E-state index in [1.54, 1.807) is 45.0 Å². The number of nitrogens with one attached hydrogen (secondary N) is 6. The molecule has 15 nitrogen and oxygen atoms in total. The minimum Gasteiger partial charge on any atom is -0.461 e. The topological polar surface area (TPSA) is 210 Å². The molecule has 61 heavy (non-hydrogen) atoms. The third kappa shape index (κ3) is 12.6. The van der Waals surface area contributed by atoms with Gasteiger partial charge in [-0.2, -0.15) is 0 Å². The molecule has 2 aliphatic carbocycles. The van der Waals surface area contributed by atoms with Crippen molar-refractivity contribution in [3.8, 4) is 11.1 Å². The molecule has 15 heteroatoms. The summed E-state index contributed by atoms with van der Waals surface area (Å²) in [5.74, 6) is -4.62. The first-order valence-corrected chi connectivity index (χ1v) is 21.1. The maximum atomic E-state index is 13.7. The molecule has 3 aromatic rings. The third-order valence-corrected chi connectivity index (χ3v) is 11.2. The average molecular weight is 839 g/mol. The van der Waals surface area contributed by atoms with Gasteiger partial charge in [0.15, 0.2) is 0 Å². The number of carbonyl (C=O) groups is 7. The minimum absolute atomic E-state index is 0.0635. The highest BCUT2D eigenvalue weighted by molar-refractivity contribution is 5.95. The summed E-state index contributed by atoms with van der Waals surface area (Å²) >= 11 is 0. The van der Waals surface area contributed by atoms with Crippen LogP contribution in [-0.4, -0.2) is 91.6 Å². The van der Waals surface area contributed by atoms with Crippen molar-refractivity contribution in [2.75, 3.05) is 19.7 Å². The van der Waals surface area contributed by atoms with Crippen molar-refractivity contribution in [3.05, 3.63) is 95.6 Å². The van der Waals surface area contributed by atoms with Crippen molar-refractivity contribution in [2.24, 2.45) is 11.8 Å². The Kier molecular flexibility index (Phi) is 16.4. The molecule has 0 spiro atoms. The van der Waals surface area contributed by atoms with Crippen LogP contribution in [0.25, 0.3) is 11.1 Å². The molecule has 326 valence electrons. The highest BCUT2D eigenvalue weighted by Crippen LogP contribution is 2.44. The Morgan fingerprint density at radius 1 is 0.656 bits per heavy atom. The molecule has 0 aromatic heterocycles. The normalized spacial score (nSPS) is 15.6. The smallest absolute Gasteiger partial charge is 0.407 e. The van der Waals surface area contributed by atoms with E-state index in [0.717, 1.165) is 47.1 Å². The van der Waals surface area contributed by atoms with Crippen LogP contribution in [0.5, 0.6) is 0 Å². The van der Waals surface area contributed by atoms with Crippen molar-refractivity contribution in [1.29, 1.82) is 0 Å². The summed E-state index contributed by atoms with van der Waals surface area (Å²) in [6.45, 7) is 7.77. The lowest BCUT2D eigenvalue weighted by Gasteiger charge is -2.27. The van der Waals surface area contributed by atoms with Gasteiger partial charge in [0.25, 0.3) is 0 Å². The van der Waals surface area contributed by atoms with Gasteiger partial charge in [0, 0.05) is 12.3 Å². The van der Waals surface area contributed by atoms with Crippen LogP contribution in [0.4, 0.5) is 4.79 Å². The SMILES string of the molecule is CCC(C)C(NC(=O)C(C)NC(=O)OCC1c2ccccc2-c2ccccc21)C(=O)NCC(=O)NC(Cc1ccccc1)C(=O)NC(C(=O)NCC(=O)OC1CCC1)C(C)C. The molecule has 6 amide bonds. The van der Waals surface area contributed by atoms with Crippen LogP contribution in [0, 0.1) is 11.8 Å². The number of ether oxygens (including phenoxy) is 2. The summed E-state index contributed by atoms with van der Waals surface area (Å²) in [5.41, 5.74) is 5.00. The number of fused-ring (bicyclic) bond motifs is 3. The van der Waals surface area contributed by atoms with Crippen molar-refractivity contribution in [1.82, 2.24) is 31.9 Å². The van der Waals surface area contributed by atoms with Gasteiger partial charge in [-0.05, 0) is 65.8 Å². The summed E-state index contributed by atoms with van der Waals surface area (Å²) in [4.78, 5) is 92.1. The number of hydrogen-bond donors (Lipinski definition) is 6. The molecule has 5 rings (SSSR count). The maximum Gasteiger partial charge on any atom is 0.407 e. The second kappa shape index (κ2) is 21.8. The molecular weight excluding hydrogens is 781 g/mol. The van der Waals surface area contributed by atoms with Gasteiger partial charge >= 0.3 is 12.1 Å². The summed E-state index contributed by atoms with van der Waals surface area (Å²) in [6.07, 6.45) is 2.24. The standard InChI is InChI=1S/C46H58N6O9/c1-6-28(4)41(52-42(55)29(5)49-46(59)60-26-36-34-21-12-10-19-32(34)33-20-11-13-22-35(33)36)45(58)47-24-38(53)50-37(23-30-15-8-7-9-16-30)43(56)51-40(27(2)3)44(57)48-25-39(54)61-31-17-14-18-31/h7-13,15-16,19-22,27-29,31,36-37,40-41H,6,14,17-18,23-26H2,1-5H3,(H,47,58)(H,48,57)(H,49,59)(H,50,53)(H,51,56)(H,52,55). The molecule has 1 saturated carbocycles. The Morgan fingerprint density at radius 3 is 1.82 bits per heavy atom. The predicted octanol–water partition coefficient (Wildman–Crippen LogP) is 3.64. The first kappa shape index (κ1) is 45.8. The van der Waals surface area contributed by atoms with Gasteiger partial charge in [-0.3, -0.25) is 28.8 Å². The lowest BCUT2D eigenvalue weighted by atomic mass is 9.96. The fourth-order valence-corrected chi connectivity index (χ4v) is 7.22. The summed E-state index contributed by atoms with van der Waals surface area (Å²) < 4.78 is 10.9. The Labute approximate surface area is 356 Å². The molecule has 0 radical (unpaired) electrons. The molecule has 0 saturated heterocycles. The van der Waals surface area contributed by atoms with Gasteiger partial charge in [-0.1, -0.05) is 113 Å². The fourth-order valence-electron chi connectivity index (χ4n) is 7.22. The molecule has 5 atom stereocenters. The van der Waals surface area contributed by atoms with E-state index in [2.05, 4.69) is 31.9 Å². The monoisotopic (exact) mass is 838 g/mol. The van der Waals surface area contributed by atoms with Crippen molar-refractivity contribution < 1.29 is 43.0 Å². The van der Waals surface area contributed by atoms with Crippen LogP contribution in [0.3, 0.4) is 0 Å². The predicted molar refractivity (Wildman–Crippen MR) is 228 cm³/mol. The molecule has 5 unspecified atom stereocenters. The van der Waals surface area contributed by atoms with E-state index in [9.17, 15) is 33.6 Å². The van der Waals surface area contributed by atoms with Crippen LogP contribution in [0.1, 0.15) is 82.9 Å². The van der Waals surface area contributed by atoms with Crippen LogP contribution < -0.4 is 31.9 Å². The Bertz CT molecular complexity index is 1990. The van der Waals surface area contributed by atoms with Crippen molar-refractivity contribution in [3.63, 3.8) is 0 Å². The molecule has 6 N–H and O–H groups in total. The third-order valence-electron chi connectivity index (χ3n) is 11.2. The highest BCUT2D eigenvalue weighted by Gasteiger charge is 2.33. The zero-order chi connectivity index (χ0) is 44.1. The number of amides is 6. The van der Waals surface area contributed by atoms with Gasteiger partial charge in [-0.25, -0.2) is 4.79 Å². The largest absolute Gasteiger partial charge is 0.461 e. The molecular formula is C46H58N6O9. The number of carbonyl (C=O) groups excluding carboxylic acids is 7. The number of alkyl carbamates (subject to hydrolysis) is 1. The van der Waals surface area contributed by atoms with Crippen molar-refractivity contribution in [2.45, 2.75) is 103 Å². The van der Waals surface area contributed by atoms with Gasteiger partial charge in [0.05, 0.1) is 6.54 Å². The van der Waals surface area contributed by atoms with E-state index in [1.807, 2.05) is 61.5 Å². The molecule has 1 fully saturated rings. The first-order chi connectivity index (χ1) is 29.2. The van der Waals surface area contributed by atoms with Gasteiger partial charge < -0.3 is 41.4 Å². The second-order valence-electron chi connectivity index (χ2n) is 16.1.